The molecule has 3 aromatic rings. The van der Waals surface area contributed by atoms with Crippen LogP contribution in [0.15, 0.2) is 23.6 Å². The molecule has 0 saturated heterocycles. The predicted molar refractivity (Wildman–Crippen MR) is 96.2 cm³/mol. The van der Waals surface area contributed by atoms with Crippen molar-refractivity contribution >= 4 is 22.2 Å². The third-order valence-electron chi connectivity index (χ3n) is 3.75. The molecule has 24 heavy (non-hydrogen) atoms. The molecule has 6 heteroatoms. The van der Waals surface area contributed by atoms with Crippen molar-refractivity contribution in [3.05, 3.63) is 34.8 Å². The lowest BCUT2D eigenvalue weighted by molar-refractivity contribution is 0.146. The number of aromatic nitrogens is 2. The average Bonchev–Trinajstić information content (AvgIpc) is 3.03. The van der Waals surface area contributed by atoms with Gasteiger partial charge in [-0.25, -0.2) is 9.97 Å². The van der Waals surface area contributed by atoms with Crippen LogP contribution in [0.5, 0.6) is 11.5 Å². The maximum Gasteiger partial charge on any atom is 0.142 e. The summed E-state index contributed by atoms with van der Waals surface area (Å²) in [6.07, 6.45) is 0. The fraction of sp³-hybridized carbons (Fsp3) is 0.333. The summed E-state index contributed by atoms with van der Waals surface area (Å²) in [6, 6.07) is 5.86. The maximum atomic E-state index is 5.79. The Labute approximate surface area is 145 Å². The second kappa shape index (κ2) is 7.15. The highest BCUT2D eigenvalue weighted by Crippen LogP contribution is 2.35. The van der Waals surface area contributed by atoms with E-state index in [1.165, 1.54) is 0 Å². The highest BCUT2D eigenvalue weighted by atomic mass is 32.1. The molecule has 1 aromatic carbocycles. The molecule has 0 fully saturated rings. The van der Waals surface area contributed by atoms with Crippen LogP contribution >= 0.6 is 11.3 Å². The molecule has 0 aliphatic heterocycles. The van der Waals surface area contributed by atoms with Gasteiger partial charge in [0.1, 0.15) is 28.8 Å². The van der Waals surface area contributed by atoms with E-state index >= 15 is 0 Å². The molecular weight excluding hydrogens is 324 g/mol. The molecular formula is C18H20N2O3S. The number of hydrogen-bond acceptors (Lipinski definition) is 6. The summed E-state index contributed by atoms with van der Waals surface area (Å²) in [5.41, 5.74) is 3.66. The lowest BCUT2D eigenvalue weighted by Gasteiger charge is -2.13. The highest BCUT2D eigenvalue weighted by molar-refractivity contribution is 7.13. The van der Waals surface area contributed by atoms with Gasteiger partial charge >= 0.3 is 0 Å². The fourth-order valence-corrected chi connectivity index (χ4v) is 3.28. The van der Waals surface area contributed by atoms with Crippen LogP contribution in [0.4, 0.5) is 0 Å². The highest BCUT2D eigenvalue weighted by Gasteiger charge is 2.14. The summed E-state index contributed by atoms with van der Waals surface area (Å²) >= 11 is 1.58. The van der Waals surface area contributed by atoms with Gasteiger partial charge < -0.3 is 14.2 Å². The quantitative estimate of drug-likeness (QED) is 0.633. The summed E-state index contributed by atoms with van der Waals surface area (Å²) in [7, 11) is 3.33. The molecule has 0 radical (unpaired) electrons. The summed E-state index contributed by atoms with van der Waals surface area (Å²) in [4.78, 5) is 9.34. The van der Waals surface area contributed by atoms with Crippen LogP contribution in [-0.2, 0) is 4.74 Å². The van der Waals surface area contributed by atoms with E-state index in [2.05, 4.69) is 4.98 Å². The number of rotatable bonds is 6. The summed E-state index contributed by atoms with van der Waals surface area (Å²) < 4.78 is 16.4. The number of ether oxygens (including phenoxy) is 3. The van der Waals surface area contributed by atoms with Gasteiger partial charge in [0.05, 0.1) is 19.2 Å². The van der Waals surface area contributed by atoms with Crippen LogP contribution in [0.2, 0.25) is 0 Å². The number of thiazole rings is 1. The van der Waals surface area contributed by atoms with Crippen LogP contribution in [0.3, 0.4) is 0 Å². The van der Waals surface area contributed by atoms with Crippen LogP contribution in [0, 0.1) is 13.8 Å². The van der Waals surface area contributed by atoms with Gasteiger partial charge in [-0.15, -0.1) is 11.3 Å². The van der Waals surface area contributed by atoms with Crippen molar-refractivity contribution in [2.45, 2.75) is 13.8 Å². The van der Waals surface area contributed by atoms with Crippen LogP contribution in [0.1, 0.15) is 11.3 Å². The Hall–Kier alpha value is -2.18. The van der Waals surface area contributed by atoms with E-state index in [1.54, 1.807) is 25.6 Å². The van der Waals surface area contributed by atoms with Crippen molar-refractivity contribution in [3.8, 4) is 22.2 Å². The molecule has 0 bridgehead atoms. The van der Waals surface area contributed by atoms with Crippen molar-refractivity contribution in [1.29, 1.82) is 0 Å². The van der Waals surface area contributed by atoms with E-state index in [0.717, 1.165) is 44.4 Å². The predicted octanol–water partition coefficient (Wildman–Crippen LogP) is 4.01. The van der Waals surface area contributed by atoms with Gasteiger partial charge in [0.25, 0.3) is 0 Å². The number of pyridine rings is 1. The lowest BCUT2D eigenvalue weighted by Crippen LogP contribution is -2.05. The molecule has 0 unspecified atom stereocenters. The molecule has 5 nitrogen and oxygen atoms in total. The van der Waals surface area contributed by atoms with Crippen molar-refractivity contribution in [2.75, 3.05) is 27.4 Å². The number of methoxy groups -OCH3 is 2. The number of hydrogen-bond donors (Lipinski definition) is 0. The molecule has 3 rings (SSSR count). The van der Waals surface area contributed by atoms with Gasteiger partial charge in [-0.3, -0.25) is 0 Å². The molecule has 2 heterocycles. The Kier molecular flexibility index (Phi) is 4.97. The third kappa shape index (κ3) is 3.20. The van der Waals surface area contributed by atoms with Crippen molar-refractivity contribution in [1.82, 2.24) is 9.97 Å². The van der Waals surface area contributed by atoms with E-state index in [0.29, 0.717) is 13.2 Å². The van der Waals surface area contributed by atoms with Crippen LogP contribution in [-0.4, -0.2) is 37.4 Å². The van der Waals surface area contributed by atoms with Crippen LogP contribution < -0.4 is 9.47 Å². The Morgan fingerprint density at radius 3 is 2.54 bits per heavy atom. The van der Waals surface area contributed by atoms with E-state index in [9.17, 15) is 0 Å². The van der Waals surface area contributed by atoms with E-state index in [1.807, 2.05) is 37.4 Å². The smallest absolute Gasteiger partial charge is 0.142 e. The SMILES string of the molecule is COCCOc1ccc2c(OC)cc(-c3nc(C)cs3)nc2c1C. The van der Waals surface area contributed by atoms with Gasteiger partial charge in [-0.2, -0.15) is 0 Å². The maximum absolute atomic E-state index is 5.79. The fourth-order valence-electron chi connectivity index (χ4n) is 2.52. The third-order valence-corrected chi connectivity index (χ3v) is 4.73. The zero-order valence-corrected chi connectivity index (χ0v) is 15.1. The second-order valence-corrected chi connectivity index (χ2v) is 6.29. The Morgan fingerprint density at radius 1 is 1.04 bits per heavy atom. The average molecular weight is 344 g/mol. The molecule has 0 amide bonds. The van der Waals surface area contributed by atoms with E-state index in [4.69, 9.17) is 19.2 Å². The topological polar surface area (TPSA) is 53.5 Å². The zero-order chi connectivity index (χ0) is 17.1. The minimum absolute atomic E-state index is 0.505. The first-order valence-electron chi connectivity index (χ1n) is 7.66. The molecule has 0 saturated carbocycles. The van der Waals surface area contributed by atoms with Crippen LogP contribution in [0.25, 0.3) is 21.6 Å². The second-order valence-electron chi connectivity index (χ2n) is 5.43. The molecule has 0 spiro atoms. The largest absolute Gasteiger partial charge is 0.496 e. The Morgan fingerprint density at radius 2 is 1.88 bits per heavy atom. The van der Waals surface area contributed by atoms with E-state index in [-0.39, 0.29) is 0 Å². The number of fused-ring (bicyclic) bond motifs is 1. The normalized spacial score (nSPS) is 11.0. The van der Waals surface area contributed by atoms with Gasteiger partial charge in [-0.1, -0.05) is 0 Å². The van der Waals surface area contributed by atoms with Gasteiger partial charge in [0, 0.05) is 35.2 Å². The summed E-state index contributed by atoms with van der Waals surface area (Å²) in [5.74, 6) is 1.59. The first-order valence-corrected chi connectivity index (χ1v) is 8.54. The number of nitrogens with zero attached hydrogens (tertiary/aromatic N) is 2. The first-order chi connectivity index (χ1) is 11.6. The Balaban J connectivity index is 2.11. The Bertz CT molecular complexity index is 861. The van der Waals surface area contributed by atoms with Gasteiger partial charge in [0.15, 0.2) is 0 Å². The molecule has 0 atom stereocenters. The first kappa shape index (κ1) is 16.7. The monoisotopic (exact) mass is 344 g/mol. The van der Waals surface area contributed by atoms with Crippen molar-refractivity contribution in [3.63, 3.8) is 0 Å². The van der Waals surface area contributed by atoms with Crippen molar-refractivity contribution in [2.24, 2.45) is 0 Å². The molecule has 0 aliphatic carbocycles. The molecule has 126 valence electrons. The standard InChI is InChI=1S/C18H20N2O3S/c1-11-10-24-18(19-11)14-9-16(22-4)13-5-6-15(23-8-7-21-3)12(2)17(13)20-14/h5-6,9-10H,7-8H2,1-4H3. The van der Waals surface area contributed by atoms with Crippen molar-refractivity contribution < 1.29 is 14.2 Å². The molecule has 2 aromatic heterocycles. The minimum Gasteiger partial charge on any atom is -0.496 e. The van der Waals surface area contributed by atoms with E-state index < -0.39 is 0 Å². The number of aryl methyl sites for hydroxylation is 2. The van der Waals surface area contributed by atoms with Gasteiger partial charge in [0.2, 0.25) is 0 Å². The summed E-state index contributed by atoms with van der Waals surface area (Å²) in [5, 5.41) is 3.87. The van der Waals surface area contributed by atoms with Gasteiger partial charge in [-0.05, 0) is 26.0 Å². The molecule has 0 aliphatic rings. The molecule has 0 N–H and O–H groups in total. The minimum atomic E-state index is 0.505. The number of benzene rings is 1. The zero-order valence-electron chi connectivity index (χ0n) is 14.3. The summed E-state index contributed by atoms with van der Waals surface area (Å²) in [6.45, 7) is 5.04. The lowest BCUT2D eigenvalue weighted by atomic mass is 10.1.